The second-order valence-electron chi connectivity index (χ2n) is 3.88. The molecular weight excluding hydrogens is 244 g/mol. The zero-order valence-corrected chi connectivity index (χ0v) is 10.6. The molecule has 0 aromatic heterocycles. The van der Waals surface area contributed by atoms with Crippen LogP contribution in [-0.2, 0) is 9.84 Å². The molecule has 0 aliphatic carbocycles. The molecule has 0 unspecified atom stereocenters. The van der Waals surface area contributed by atoms with Gasteiger partial charge in [-0.15, -0.1) is 0 Å². The van der Waals surface area contributed by atoms with E-state index in [2.05, 4.69) is 0 Å². The normalized spacial score (nSPS) is 11.9. The predicted molar refractivity (Wildman–Crippen MR) is 66.8 cm³/mol. The summed E-state index contributed by atoms with van der Waals surface area (Å²) in [5.41, 5.74) is 0.747. The monoisotopic (exact) mass is 254 g/mol. The van der Waals surface area contributed by atoms with Gasteiger partial charge in [-0.1, -0.05) is 23.7 Å². The molecule has 0 aliphatic heterocycles. The van der Waals surface area contributed by atoms with E-state index in [1.807, 2.05) is 18.2 Å². The highest BCUT2D eigenvalue weighted by molar-refractivity contribution is 7.90. The van der Waals surface area contributed by atoms with Crippen molar-refractivity contribution in [1.29, 1.82) is 0 Å². The predicted octanol–water partition coefficient (Wildman–Crippen LogP) is 3.21. The average molecular weight is 255 g/mol. The summed E-state index contributed by atoms with van der Waals surface area (Å²) < 4.78 is 23.1. The van der Waals surface area contributed by atoms with E-state index in [4.69, 9.17) is 11.6 Å². The summed E-state index contributed by atoms with van der Waals surface area (Å²) >= 11 is 5.88. The quantitative estimate of drug-likeness (QED) is 0.783. The molecule has 2 rings (SSSR count). The Labute approximate surface area is 99.8 Å². The molecule has 0 amide bonds. The van der Waals surface area contributed by atoms with Crippen LogP contribution >= 0.6 is 11.6 Å². The fourth-order valence-corrected chi connectivity index (χ4v) is 2.93. The lowest BCUT2D eigenvalue weighted by atomic mass is 10.1. The van der Waals surface area contributed by atoms with Crippen molar-refractivity contribution in [1.82, 2.24) is 0 Å². The van der Waals surface area contributed by atoms with Crippen LogP contribution in [0, 0.1) is 6.92 Å². The largest absolute Gasteiger partial charge is 0.224 e. The molecule has 0 aliphatic rings. The molecule has 2 aromatic rings. The lowest BCUT2D eigenvalue weighted by Gasteiger charge is -2.06. The molecule has 0 fully saturated rings. The van der Waals surface area contributed by atoms with Gasteiger partial charge in [-0.25, -0.2) is 8.42 Å². The Morgan fingerprint density at radius 3 is 2.38 bits per heavy atom. The Hall–Kier alpha value is -1.06. The van der Waals surface area contributed by atoms with Crippen LogP contribution in [0.25, 0.3) is 10.8 Å². The van der Waals surface area contributed by atoms with Gasteiger partial charge < -0.3 is 0 Å². The molecule has 0 radical (unpaired) electrons. The molecule has 4 heteroatoms. The van der Waals surface area contributed by atoms with Crippen LogP contribution in [0.15, 0.2) is 35.2 Å². The highest BCUT2D eigenvalue weighted by Crippen LogP contribution is 2.25. The molecule has 2 aromatic carbocycles. The van der Waals surface area contributed by atoms with Crippen LogP contribution in [0.1, 0.15) is 5.56 Å². The Kier molecular flexibility index (Phi) is 2.68. The maximum absolute atomic E-state index is 11.5. The van der Waals surface area contributed by atoms with E-state index in [-0.39, 0.29) is 0 Å². The van der Waals surface area contributed by atoms with E-state index in [9.17, 15) is 8.42 Å². The number of hydrogen-bond acceptors (Lipinski definition) is 2. The third-order valence-corrected chi connectivity index (χ3v) is 3.97. The first-order chi connectivity index (χ1) is 7.38. The van der Waals surface area contributed by atoms with Gasteiger partial charge in [0.05, 0.1) is 4.90 Å². The highest BCUT2D eigenvalue weighted by atomic mass is 35.5. The van der Waals surface area contributed by atoms with E-state index in [1.54, 1.807) is 19.1 Å². The molecule has 84 valence electrons. The van der Waals surface area contributed by atoms with Gasteiger partial charge in [-0.2, -0.15) is 0 Å². The van der Waals surface area contributed by atoms with Gasteiger partial charge in [0.15, 0.2) is 9.84 Å². The topological polar surface area (TPSA) is 34.1 Å². The lowest BCUT2D eigenvalue weighted by Crippen LogP contribution is -1.99. The zero-order chi connectivity index (χ0) is 11.9. The van der Waals surface area contributed by atoms with Crippen LogP contribution in [0.5, 0.6) is 0 Å². The van der Waals surface area contributed by atoms with E-state index in [0.717, 1.165) is 16.3 Å². The minimum absolute atomic E-state index is 0.377. The first kappa shape index (κ1) is 11.4. The number of rotatable bonds is 1. The number of benzene rings is 2. The minimum atomic E-state index is -3.17. The maximum Gasteiger partial charge on any atom is 0.175 e. The molecule has 0 atom stereocenters. The summed E-state index contributed by atoms with van der Waals surface area (Å²) in [4.78, 5) is 0.377. The van der Waals surface area contributed by atoms with E-state index in [0.29, 0.717) is 9.92 Å². The van der Waals surface area contributed by atoms with Gasteiger partial charge >= 0.3 is 0 Å². The SMILES string of the molecule is Cc1cc2cc(Cl)ccc2cc1S(C)(=O)=O. The minimum Gasteiger partial charge on any atom is -0.224 e. The fourth-order valence-electron chi connectivity index (χ4n) is 1.76. The van der Waals surface area contributed by atoms with Crippen LogP contribution in [0.4, 0.5) is 0 Å². The molecule has 2 nitrogen and oxygen atoms in total. The third-order valence-electron chi connectivity index (χ3n) is 2.50. The van der Waals surface area contributed by atoms with Gasteiger partial charge in [-0.05, 0) is 41.5 Å². The first-order valence-corrected chi connectivity index (χ1v) is 7.05. The van der Waals surface area contributed by atoms with E-state index in [1.165, 1.54) is 6.26 Å². The van der Waals surface area contributed by atoms with Gasteiger partial charge in [0, 0.05) is 11.3 Å². The van der Waals surface area contributed by atoms with Crippen molar-refractivity contribution in [3.05, 3.63) is 40.9 Å². The molecule has 0 saturated heterocycles. The third kappa shape index (κ3) is 2.06. The van der Waals surface area contributed by atoms with Crippen molar-refractivity contribution < 1.29 is 8.42 Å². The average Bonchev–Trinajstić information content (AvgIpc) is 2.14. The summed E-state index contributed by atoms with van der Waals surface area (Å²) in [6, 6.07) is 8.95. The Morgan fingerprint density at radius 2 is 1.75 bits per heavy atom. The Bertz CT molecular complexity index is 660. The van der Waals surface area contributed by atoms with Crippen molar-refractivity contribution in [3.8, 4) is 0 Å². The number of fused-ring (bicyclic) bond motifs is 1. The van der Waals surface area contributed by atoms with E-state index >= 15 is 0 Å². The van der Waals surface area contributed by atoms with Crippen LogP contribution in [0.3, 0.4) is 0 Å². The summed E-state index contributed by atoms with van der Waals surface area (Å²) in [6.45, 7) is 1.79. The first-order valence-electron chi connectivity index (χ1n) is 4.78. The smallest absolute Gasteiger partial charge is 0.175 e. The second-order valence-corrected chi connectivity index (χ2v) is 6.30. The molecule has 0 heterocycles. The zero-order valence-electron chi connectivity index (χ0n) is 8.99. The van der Waals surface area contributed by atoms with E-state index < -0.39 is 9.84 Å². The Balaban J connectivity index is 2.83. The lowest BCUT2D eigenvalue weighted by molar-refractivity contribution is 0.601. The number of sulfone groups is 1. The van der Waals surface area contributed by atoms with Crippen LogP contribution in [-0.4, -0.2) is 14.7 Å². The summed E-state index contributed by atoms with van der Waals surface area (Å²) in [5.74, 6) is 0. The molecule has 0 saturated carbocycles. The van der Waals surface area contributed by atoms with Crippen molar-refractivity contribution in [3.63, 3.8) is 0 Å². The number of hydrogen-bond donors (Lipinski definition) is 0. The molecular formula is C12H11ClO2S. The molecule has 0 N–H and O–H groups in total. The highest BCUT2D eigenvalue weighted by Gasteiger charge is 2.11. The van der Waals surface area contributed by atoms with Gasteiger partial charge in [0.2, 0.25) is 0 Å². The van der Waals surface area contributed by atoms with Crippen molar-refractivity contribution in [2.75, 3.05) is 6.26 Å². The second kappa shape index (κ2) is 3.75. The summed E-state index contributed by atoms with van der Waals surface area (Å²) in [7, 11) is -3.17. The van der Waals surface area contributed by atoms with Gasteiger partial charge in [0.25, 0.3) is 0 Å². The van der Waals surface area contributed by atoms with Gasteiger partial charge in [0.1, 0.15) is 0 Å². The van der Waals surface area contributed by atoms with Crippen molar-refractivity contribution in [2.45, 2.75) is 11.8 Å². The fraction of sp³-hybridized carbons (Fsp3) is 0.167. The van der Waals surface area contributed by atoms with Crippen molar-refractivity contribution in [2.24, 2.45) is 0 Å². The summed E-state index contributed by atoms with van der Waals surface area (Å²) in [6.07, 6.45) is 1.22. The summed E-state index contributed by atoms with van der Waals surface area (Å²) in [5, 5.41) is 2.49. The Morgan fingerprint density at radius 1 is 1.06 bits per heavy atom. The van der Waals surface area contributed by atoms with Crippen LogP contribution in [0.2, 0.25) is 5.02 Å². The number of halogens is 1. The maximum atomic E-state index is 11.5. The van der Waals surface area contributed by atoms with Gasteiger partial charge in [-0.3, -0.25) is 0 Å². The van der Waals surface area contributed by atoms with Crippen LogP contribution < -0.4 is 0 Å². The molecule has 0 bridgehead atoms. The standard InChI is InChI=1S/C12H11ClO2S/c1-8-5-10-6-11(13)4-3-9(10)7-12(8)16(2,14)15/h3-7H,1-2H3. The van der Waals surface area contributed by atoms with Crippen molar-refractivity contribution >= 4 is 32.2 Å². The number of aryl methyl sites for hydroxylation is 1. The molecule has 16 heavy (non-hydrogen) atoms. The molecule has 0 spiro atoms.